The summed E-state index contributed by atoms with van der Waals surface area (Å²) in [5.41, 5.74) is 6.17. The van der Waals surface area contributed by atoms with E-state index in [-0.39, 0.29) is 0 Å². The number of hydrogen-bond donors (Lipinski definition) is 0. The van der Waals surface area contributed by atoms with Crippen LogP contribution in [0.4, 0.5) is 0 Å². The Morgan fingerprint density at radius 1 is 0.600 bits per heavy atom. The first-order valence-corrected chi connectivity index (χ1v) is 20.4. The monoisotopic (exact) mass is 838 g/mol. The molecular formula is C48H39OsP+. The molecule has 0 nitrogen and oxygen atoms in total. The Bertz CT molecular complexity index is 2260. The van der Waals surface area contributed by atoms with Crippen molar-refractivity contribution < 1.29 is 17.9 Å². The molecule has 6 aromatic carbocycles. The zero-order valence-corrected chi connectivity index (χ0v) is 31.9. The molecule has 0 radical (unpaired) electrons. The fraction of sp³-hybridized carbons (Fsp3) is 0.104. The molecule has 243 valence electrons. The summed E-state index contributed by atoms with van der Waals surface area (Å²) in [4.78, 5) is 0. The molecule has 0 aliphatic heterocycles. The predicted molar refractivity (Wildman–Crippen MR) is 215 cm³/mol. The summed E-state index contributed by atoms with van der Waals surface area (Å²) >= 11 is 1.82. The quantitative estimate of drug-likeness (QED) is 0.0891. The van der Waals surface area contributed by atoms with Crippen LogP contribution >= 0.6 is 7.26 Å². The fourth-order valence-electron chi connectivity index (χ4n) is 7.47. The Hall–Kier alpha value is -4.79. The van der Waals surface area contributed by atoms with Crippen LogP contribution in [0.25, 0.3) is 27.6 Å². The maximum absolute atomic E-state index is 3.89. The number of fused-ring (bicyclic) bond motifs is 2. The van der Waals surface area contributed by atoms with Crippen molar-refractivity contribution in [3.05, 3.63) is 191 Å². The van der Waals surface area contributed by atoms with E-state index in [4.69, 9.17) is 0 Å². The second kappa shape index (κ2) is 15.4. The third kappa shape index (κ3) is 6.22. The Labute approximate surface area is 307 Å². The number of hydrogen-bond acceptors (Lipinski definition) is 0. The number of benzene rings is 6. The third-order valence-corrected chi connectivity index (χ3v) is 15.1. The summed E-state index contributed by atoms with van der Waals surface area (Å²) in [5, 5.41) is 9.88. The summed E-state index contributed by atoms with van der Waals surface area (Å²) in [6, 6.07) is 50.7. The molecule has 0 amide bonds. The van der Waals surface area contributed by atoms with Crippen LogP contribution in [0, 0.1) is 16.2 Å². The summed E-state index contributed by atoms with van der Waals surface area (Å²) < 4.78 is 3.86. The summed E-state index contributed by atoms with van der Waals surface area (Å²) in [6.07, 6.45) is 12.4. The molecule has 50 heavy (non-hydrogen) atoms. The molecule has 1 fully saturated rings. The van der Waals surface area contributed by atoms with E-state index in [1.807, 2.05) is 17.9 Å². The Balaban J connectivity index is 1.64. The van der Waals surface area contributed by atoms with Gasteiger partial charge in [-0.3, -0.25) is 0 Å². The van der Waals surface area contributed by atoms with E-state index in [9.17, 15) is 0 Å². The molecule has 0 saturated heterocycles. The van der Waals surface area contributed by atoms with Gasteiger partial charge in [-0.1, -0.05) is 0 Å². The van der Waals surface area contributed by atoms with Crippen molar-refractivity contribution in [1.82, 2.24) is 0 Å². The van der Waals surface area contributed by atoms with E-state index >= 15 is 0 Å². The minimum absolute atomic E-state index is 1.05. The van der Waals surface area contributed by atoms with Gasteiger partial charge >= 0.3 is 309 Å². The molecule has 1 aliphatic rings. The molecule has 0 spiro atoms. The average Bonchev–Trinajstić information content (AvgIpc) is 3.64. The van der Waals surface area contributed by atoms with Crippen molar-refractivity contribution in [2.45, 2.75) is 33.1 Å². The van der Waals surface area contributed by atoms with Crippen LogP contribution < -0.4 is 15.9 Å². The van der Waals surface area contributed by atoms with E-state index in [2.05, 4.69) is 194 Å². The Morgan fingerprint density at radius 2 is 1.06 bits per heavy atom. The van der Waals surface area contributed by atoms with Crippen LogP contribution in [0.5, 0.6) is 0 Å². The molecular weight excluding hydrogens is 798 g/mol. The second-order valence-electron chi connectivity index (χ2n) is 12.5. The molecule has 7 rings (SSSR count). The molecule has 1 saturated carbocycles. The van der Waals surface area contributed by atoms with Crippen LogP contribution in [-0.4, -0.2) is 0 Å². The van der Waals surface area contributed by atoms with Gasteiger partial charge in [0.2, 0.25) is 0 Å². The van der Waals surface area contributed by atoms with E-state index in [1.54, 1.807) is 0 Å². The molecule has 0 atom stereocenters. The predicted octanol–water partition coefficient (Wildman–Crippen LogP) is 11.2. The molecule has 2 heteroatoms. The van der Waals surface area contributed by atoms with Crippen LogP contribution in [-0.2, 0) is 17.9 Å². The summed E-state index contributed by atoms with van der Waals surface area (Å²) in [5.74, 6) is 7.72. The van der Waals surface area contributed by atoms with Crippen molar-refractivity contribution in [3.63, 3.8) is 0 Å². The first kappa shape index (κ1) is 33.7. The van der Waals surface area contributed by atoms with Gasteiger partial charge in [-0.05, 0) is 0 Å². The number of allylic oxidation sites excluding steroid dienone is 7. The van der Waals surface area contributed by atoms with Gasteiger partial charge < -0.3 is 0 Å². The van der Waals surface area contributed by atoms with Gasteiger partial charge in [-0.25, -0.2) is 0 Å². The topological polar surface area (TPSA) is 0 Å². The van der Waals surface area contributed by atoms with Crippen molar-refractivity contribution in [3.8, 4) is 16.2 Å². The summed E-state index contributed by atoms with van der Waals surface area (Å²) in [6.45, 7) is 4.26. The molecule has 1 aliphatic carbocycles. The van der Waals surface area contributed by atoms with Gasteiger partial charge in [-0.15, -0.1) is 0 Å². The van der Waals surface area contributed by atoms with Gasteiger partial charge in [0.25, 0.3) is 0 Å². The first-order valence-electron chi connectivity index (χ1n) is 17.3. The van der Waals surface area contributed by atoms with Gasteiger partial charge in [-0.2, -0.15) is 0 Å². The Kier molecular flexibility index (Phi) is 10.4. The molecule has 0 unspecified atom stereocenters. The van der Waals surface area contributed by atoms with Crippen LogP contribution in [0.1, 0.15) is 44.2 Å². The molecule has 6 aromatic rings. The maximum atomic E-state index is 3.89. The van der Waals surface area contributed by atoms with E-state index in [1.165, 1.54) is 65.9 Å². The molecule has 0 bridgehead atoms. The molecule has 0 N–H and O–H groups in total. The van der Waals surface area contributed by atoms with Gasteiger partial charge in [0.1, 0.15) is 0 Å². The SMILES string of the molecule is CC=C1CCCC1=CC(C#Cc1c2ccccc2c(/C=C/C)c2ccccc12)=C([C]#[Os])[P+](c1ccccc1)(c1ccccc1)c1ccccc1. The molecule has 0 heterocycles. The van der Waals surface area contributed by atoms with Crippen molar-refractivity contribution in [2.75, 3.05) is 0 Å². The zero-order valence-electron chi connectivity index (χ0n) is 28.5. The van der Waals surface area contributed by atoms with Crippen molar-refractivity contribution >= 4 is 50.8 Å². The normalized spacial score (nSPS) is 15.3. The van der Waals surface area contributed by atoms with Gasteiger partial charge in [0.05, 0.1) is 0 Å². The zero-order chi connectivity index (χ0) is 34.3. The van der Waals surface area contributed by atoms with Crippen molar-refractivity contribution in [1.29, 1.82) is 0 Å². The third-order valence-electron chi connectivity index (χ3n) is 9.71. The van der Waals surface area contributed by atoms with E-state index in [0.717, 1.165) is 24.0 Å². The number of rotatable bonds is 6. The first-order chi connectivity index (χ1) is 24.7. The fourth-order valence-corrected chi connectivity index (χ4v) is 13.2. The van der Waals surface area contributed by atoms with Gasteiger partial charge in [0.15, 0.2) is 0 Å². The minimum atomic E-state index is -2.44. The van der Waals surface area contributed by atoms with E-state index < -0.39 is 7.26 Å². The van der Waals surface area contributed by atoms with Crippen molar-refractivity contribution in [2.24, 2.45) is 0 Å². The van der Waals surface area contributed by atoms with Crippen LogP contribution in [0.3, 0.4) is 0 Å². The van der Waals surface area contributed by atoms with Crippen LogP contribution in [0.15, 0.2) is 180 Å². The standard InChI is InChI=1S/C48H39P.Os/c1-4-20-43-44-29-15-17-31-46(44)48(47-32-18-16-30-45(43)47)34-33-38(35-39-22-19-21-37(39)5-2)36(3)49(40-23-9-6-10-24-40,41-25-11-7-12-26-41)42-27-13-8-14-28-42;/h4-18,20,23-32,35H,19,21-22H2,1-2H3;/q+1;/b20-4+,37-5?,38-36?,39-35?;. The summed E-state index contributed by atoms with van der Waals surface area (Å²) in [7, 11) is -2.44. The molecule has 0 aromatic heterocycles. The second-order valence-corrected chi connectivity index (χ2v) is 16.5. The van der Waals surface area contributed by atoms with E-state index in [0.29, 0.717) is 0 Å². The average molecular weight is 837 g/mol. The Morgan fingerprint density at radius 3 is 1.52 bits per heavy atom. The van der Waals surface area contributed by atoms with Crippen LogP contribution in [0.2, 0.25) is 0 Å². The van der Waals surface area contributed by atoms with Gasteiger partial charge in [0, 0.05) is 0 Å².